The summed E-state index contributed by atoms with van der Waals surface area (Å²) in [5.74, 6) is 0.919. The molecule has 3 rings (SSSR count). The van der Waals surface area contributed by atoms with E-state index >= 15 is 0 Å². The van der Waals surface area contributed by atoms with Crippen LogP contribution in [0.4, 0.5) is 0 Å². The minimum atomic E-state index is -0.346. The van der Waals surface area contributed by atoms with Crippen LogP contribution in [0.5, 0.6) is 11.5 Å². The largest absolute Gasteiger partial charge is 0.426 e. The molecule has 0 N–H and O–H groups in total. The maximum absolute atomic E-state index is 11.4. The molecule has 2 aliphatic carbocycles. The van der Waals surface area contributed by atoms with Crippen molar-refractivity contribution in [3.63, 3.8) is 0 Å². The van der Waals surface area contributed by atoms with Gasteiger partial charge in [0, 0.05) is 46.5 Å². The molecule has 2 aliphatic rings. The Morgan fingerprint density at radius 2 is 1.55 bits per heavy atom. The van der Waals surface area contributed by atoms with Crippen LogP contribution in [0.25, 0.3) is 0 Å². The second kappa shape index (κ2) is 5.96. The smallest absolute Gasteiger partial charge is 0.308 e. The lowest BCUT2D eigenvalue weighted by Crippen LogP contribution is -2.26. The van der Waals surface area contributed by atoms with Gasteiger partial charge >= 0.3 is 11.9 Å². The minimum absolute atomic E-state index is 0.193. The minimum Gasteiger partial charge on any atom is -0.426 e. The van der Waals surface area contributed by atoms with Crippen LogP contribution >= 0.6 is 31.9 Å². The first-order chi connectivity index (χ1) is 10.4. The fourth-order valence-corrected chi connectivity index (χ4v) is 6.01. The van der Waals surface area contributed by atoms with E-state index in [1.165, 1.54) is 13.8 Å². The van der Waals surface area contributed by atoms with Gasteiger partial charge in [0.1, 0.15) is 11.5 Å². The van der Waals surface area contributed by atoms with Gasteiger partial charge in [-0.05, 0) is 25.0 Å². The molecule has 1 aromatic rings. The Labute approximate surface area is 145 Å². The number of ether oxygens (including phenoxy) is 2. The Kier molecular flexibility index (Phi) is 4.34. The van der Waals surface area contributed by atoms with Gasteiger partial charge in [0.05, 0.1) is 0 Å². The molecular weight excluding hydrogens is 416 g/mol. The predicted octanol–water partition coefficient (Wildman–Crippen LogP) is 4.04. The normalized spacial score (nSPS) is 28.9. The highest BCUT2D eigenvalue weighted by molar-refractivity contribution is 9.10. The molecule has 1 saturated carbocycles. The average Bonchev–Trinajstić information content (AvgIpc) is 2.60. The highest BCUT2D eigenvalue weighted by Crippen LogP contribution is 2.60. The Bertz CT molecular complexity index is 643. The van der Waals surface area contributed by atoms with E-state index in [4.69, 9.17) is 9.47 Å². The molecule has 1 aromatic carbocycles. The van der Waals surface area contributed by atoms with E-state index in [2.05, 4.69) is 31.9 Å². The highest BCUT2D eigenvalue weighted by atomic mass is 79.9. The van der Waals surface area contributed by atoms with Crippen LogP contribution in [0.2, 0.25) is 0 Å². The summed E-state index contributed by atoms with van der Waals surface area (Å²) in [6, 6.07) is 3.45. The quantitative estimate of drug-likeness (QED) is 0.403. The second-order valence-corrected chi connectivity index (χ2v) is 7.98. The Balaban J connectivity index is 2.17. The van der Waals surface area contributed by atoms with Crippen molar-refractivity contribution >= 4 is 43.8 Å². The molecule has 0 spiro atoms. The molecule has 22 heavy (non-hydrogen) atoms. The second-order valence-electron chi connectivity index (χ2n) is 5.75. The molecule has 0 amide bonds. The zero-order valence-corrected chi connectivity index (χ0v) is 15.4. The zero-order valence-electron chi connectivity index (χ0n) is 12.3. The number of carbonyl (C=O) groups is 2. The monoisotopic (exact) mass is 430 g/mol. The van der Waals surface area contributed by atoms with Gasteiger partial charge in [0.25, 0.3) is 0 Å². The number of rotatable bonds is 2. The van der Waals surface area contributed by atoms with Gasteiger partial charge in [0.2, 0.25) is 0 Å². The van der Waals surface area contributed by atoms with Crippen LogP contribution in [0.1, 0.15) is 49.7 Å². The van der Waals surface area contributed by atoms with Crippen molar-refractivity contribution in [1.29, 1.82) is 0 Å². The van der Waals surface area contributed by atoms with E-state index in [0.717, 1.165) is 24.0 Å². The number of hydrogen-bond acceptors (Lipinski definition) is 4. The number of carbonyl (C=O) groups excluding carboxylic acids is 2. The number of halogens is 2. The Morgan fingerprint density at radius 1 is 1.00 bits per heavy atom. The number of alkyl halides is 2. The molecule has 0 radical (unpaired) electrons. The molecule has 0 saturated heterocycles. The first-order valence-corrected chi connectivity index (χ1v) is 9.05. The van der Waals surface area contributed by atoms with Crippen molar-refractivity contribution in [1.82, 2.24) is 0 Å². The molecular formula is C16H16Br2O4. The summed E-state index contributed by atoms with van der Waals surface area (Å²) in [6.07, 6.45) is 2.03. The molecule has 4 atom stereocenters. The maximum Gasteiger partial charge on any atom is 0.308 e. The third-order valence-corrected chi connectivity index (χ3v) is 6.52. The third kappa shape index (κ3) is 2.60. The molecule has 118 valence electrons. The topological polar surface area (TPSA) is 52.6 Å². The molecule has 6 heteroatoms. The van der Waals surface area contributed by atoms with Gasteiger partial charge < -0.3 is 9.47 Å². The van der Waals surface area contributed by atoms with Crippen molar-refractivity contribution in [2.75, 3.05) is 0 Å². The van der Waals surface area contributed by atoms with Gasteiger partial charge in [-0.3, -0.25) is 9.59 Å². The van der Waals surface area contributed by atoms with Gasteiger partial charge in [-0.1, -0.05) is 31.9 Å². The van der Waals surface area contributed by atoms with Crippen LogP contribution < -0.4 is 9.47 Å². The van der Waals surface area contributed by atoms with Gasteiger partial charge in [0.15, 0.2) is 0 Å². The lowest BCUT2D eigenvalue weighted by Gasteiger charge is -2.30. The standard InChI is InChI=1S/C16H16Br2O4/c1-7(19)21-11-5-6-12(22-8(2)20)15-13(11)9-3-4-10(17)14(15)16(9)18/h5-6,9-10,14,16H,3-4H2,1-2H3/t9-,10+,14+,16-/m0/s1. The summed E-state index contributed by atoms with van der Waals surface area (Å²) in [5, 5.41) is 0. The van der Waals surface area contributed by atoms with Crippen molar-refractivity contribution in [3.05, 3.63) is 23.3 Å². The summed E-state index contributed by atoms with van der Waals surface area (Å²) in [4.78, 5) is 23.3. The van der Waals surface area contributed by atoms with Crippen molar-refractivity contribution < 1.29 is 19.1 Å². The van der Waals surface area contributed by atoms with E-state index in [-0.39, 0.29) is 28.6 Å². The molecule has 0 heterocycles. The van der Waals surface area contributed by atoms with Crippen LogP contribution in [0, 0.1) is 0 Å². The average molecular weight is 432 g/mol. The number of fused-ring (bicyclic) bond motifs is 5. The van der Waals surface area contributed by atoms with E-state index in [1.54, 1.807) is 12.1 Å². The fraction of sp³-hybridized carbons (Fsp3) is 0.500. The highest BCUT2D eigenvalue weighted by Gasteiger charge is 2.49. The number of benzene rings is 1. The van der Waals surface area contributed by atoms with E-state index < -0.39 is 0 Å². The van der Waals surface area contributed by atoms with Crippen molar-refractivity contribution in [2.24, 2.45) is 0 Å². The number of hydrogen-bond donors (Lipinski definition) is 0. The van der Waals surface area contributed by atoms with Crippen molar-refractivity contribution in [2.45, 2.75) is 48.2 Å². The number of esters is 2. The molecule has 0 unspecified atom stereocenters. The summed E-state index contributed by atoms with van der Waals surface area (Å²) in [6.45, 7) is 2.79. The zero-order chi connectivity index (χ0) is 16.0. The van der Waals surface area contributed by atoms with Crippen LogP contribution in [0.3, 0.4) is 0 Å². The Morgan fingerprint density at radius 3 is 2.09 bits per heavy atom. The summed E-state index contributed by atoms with van der Waals surface area (Å²) in [5.41, 5.74) is 1.99. The summed E-state index contributed by atoms with van der Waals surface area (Å²) < 4.78 is 10.8. The molecule has 2 bridgehead atoms. The Hall–Kier alpha value is -0.880. The lowest BCUT2D eigenvalue weighted by molar-refractivity contribution is -0.133. The van der Waals surface area contributed by atoms with Gasteiger partial charge in [-0.25, -0.2) is 0 Å². The van der Waals surface area contributed by atoms with E-state index in [0.29, 0.717) is 16.3 Å². The van der Waals surface area contributed by atoms with Gasteiger partial charge in [-0.2, -0.15) is 0 Å². The van der Waals surface area contributed by atoms with E-state index in [1.807, 2.05) is 0 Å². The molecule has 0 aliphatic heterocycles. The third-order valence-electron chi connectivity index (χ3n) is 4.29. The molecule has 1 fully saturated rings. The van der Waals surface area contributed by atoms with E-state index in [9.17, 15) is 9.59 Å². The summed E-state index contributed by atoms with van der Waals surface area (Å²) >= 11 is 7.54. The molecule has 0 aromatic heterocycles. The van der Waals surface area contributed by atoms with Crippen molar-refractivity contribution in [3.8, 4) is 11.5 Å². The first kappa shape index (κ1) is 16.0. The summed E-state index contributed by atoms with van der Waals surface area (Å²) in [7, 11) is 0. The van der Waals surface area contributed by atoms with Crippen LogP contribution in [-0.4, -0.2) is 21.6 Å². The van der Waals surface area contributed by atoms with Crippen LogP contribution in [0.15, 0.2) is 12.1 Å². The maximum atomic E-state index is 11.4. The fourth-order valence-electron chi connectivity index (χ4n) is 3.58. The predicted molar refractivity (Wildman–Crippen MR) is 89.2 cm³/mol. The first-order valence-electron chi connectivity index (χ1n) is 7.22. The SMILES string of the molecule is CC(=O)Oc1ccc(OC(C)=O)c2c1[C@@H]1[C@@H](Br)[C@H]2CC[C@H]1Br. The van der Waals surface area contributed by atoms with Crippen LogP contribution in [-0.2, 0) is 9.59 Å². The molecule has 4 nitrogen and oxygen atoms in total. The van der Waals surface area contributed by atoms with Gasteiger partial charge in [-0.15, -0.1) is 0 Å². The lowest BCUT2D eigenvalue weighted by atomic mass is 9.86.